The molecule has 120 valence electrons. The average molecular weight is 340 g/mol. The van der Waals surface area contributed by atoms with Crippen molar-refractivity contribution < 1.29 is 13.9 Å². The van der Waals surface area contributed by atoms with Crippen molar-refractivity contribution in [1.82, 2.24) is 20.4 Å². The molecule has 1 N–H and O–H groups in total. The van der Waals surface area contributed by atoms with Gasteiger partial charge in [-0.3, -0.25) is 5.10 Å². The monoisotopic (exact) mass is 340 g/mol. The normalized spacial score (nSPS) is 12.4. The molecule has 0 unspecified atom stereocenters. The fourth-order valence-electron chi connectivity index (χ4n) is 2.28. The maximum Gasteiger partial charge on any atom is 0.360 e. The highest BCUT2D eigenvalue weighted by molar-refractivity contribution is 7.13. The fourth-order valence-corrected chi connectivity index (χ4v) is 2.93. The molecular weight excluding hydrogens is 328 g/mol. The molecule has 4 rings (SSSR count). The summed E-state index contributed by atoms with van der Waals surface area (Å²) in [7, 11) is 0. The molecule has 0 aliphatic rings. The molecule has 0 saturated carbocycles. The van der Waals surface area contributed by atoms with Crippen LogP contribution in [0, 0.1) is 0 Å². The molecule has 0 saturated heterocycles. The molecule has 0 spiro atoms. The summed E-state index contributed by atoms with van der Waals surface area (Å²) in [5.74, 6) is 0.107. The van der Waals surface area contributed by atoms with E-state index in [1.807, 2.05) is 41.8 Å². The number of aromatic nitrogens is 4. The van der Waals surface area contributed by atoms with Gasteiger partial charge in [-0.25, -0.2) is 4.79 Å². The van der Waals surface area contributed by atoms with Gasteiger partial charge in [0.25, 0.3) is 11.8 Å². The third kappa shape index (κ3) is 2.56. The molecular formula is C16H12N4O3S. The lowest BCUT2D eigenvalue weighted by Gasteiger charge is -2.07. The van der Waals surface area contributed by atoms with E-state index in [1.165, 1.54) is 11.3 Å². The Morgan fingerprint density at radius 3 is 2.96 bits per heavy atom. The van der Waals surface area contributed by atoms with E-state index in [1.54, 1.807) is 6.92 Å². The maximum absolute atomic E-state index is 12.3. The quantitative estimate of drug-likeness (QED) is 0.571. The van der Waals surface area contributed by atoms with E-state index in [0.29, 0.717) is 11.3 Å². The summed E-state index contributed by atoms with van der Waals surface area (Å²) in [6, 6.07) is 11.1. The molecule has 0 aliphatic heterocycles. The van der Waals surface area contributed by atoms with Gasteiger partial charge in [0, 0.05) is 5.39 Å². The number of benzene rings is 1. The summed E-state index contributed by atoms with van der Waals surface area (Å²) in [5.41, 5.74) is 1.00. The number of rotatable bonds is 4. The number of hydrogen-bond acceptors (Lipinski definition) is 7. The van der Waals surface area contributed by atoms with Crippen LogP contribution in [-0.2, 0) is 4.74 Å². The van der Waals surface area contributed by atoms with Crippen molar-refractivity contribution in [2.24, 2.45) is 0 Å². The van der Waals surface area contributed by atoms with Gasteiger partial charge in [-0.2, -0.15) is 5.10 Å². The van der Waals surface area contributed by atoms with Gasteiger partial charge < -0.3 is 9.15 Å². The second kappa shape index (κ2) is 5.89. The topological polar surface area (TPSA) is 93.9 Å². The Bertz CT molecular complexity index is 990. The third-order valence-electron chi connectivity index (χ3n) is 3.47. The lowest BCUT2D eigenvalue weighted by molar-refractivity contribution is 0.0275. The Labute approximate surface area is 140 Å². The SMILES string of the molecule is C[C@H](OC(=O)c1n[nH]c2ccccc12)c1nnc(-c2cccs2)o1. The van der Waals surface area contributed by atoms with Crippen LogP contribution in [0.1, 0.15) is 29.4 Å². The number of fused-ring (bicyclic) bond motifs is 1. The van der Waals surface area contributed by atoms with Gasteiger partial charge in [-0.1, -0.05) is 24.3 Å². The molecule has 0 bridgehead atoms. The number of carbonyl (C=O) groups excluding carboxylic acids is 1. The number of hydrogen-bond donors (Lipinski definition) is 1. The number of esters is 1. The number of H-pyrrole nitrogens is 1. The fraction of sp³-hybridized carbons (Fsp3) is 0.125. The van der Waals surface area contributed by atoms with Crippen molar-refractivity contribution in [2.45, 2.75) is 13.0 Å². The highest BCUT2D eigenvalue weighted by atomic mass is 32.1. The van der Waals surface area contributed by atoms with Crippen molar-refractivity contribution >= 4 is 28.2 Å². The molecule has 3 aromatic heterocycles. The molecule has 4 aromatic rings. The van der Waals surface area contributed by atoms with E-state index in [9.17, 15) is 4.79 Å². The van der Waals surface area contributed by atoms with E-state index in [0.717, 1.165) is 10.4 Å². The largest absolute Gasteiger partial charge is 0.448 e. The summed E-state index contributed by atoms with van der Waals surface area (Å²) in [6.07, 6.45) is -0.672. The maximum atomic E-state index is 12.3. The number of ether oxygens (including phenoxy) is 1. The highest BCUT2D eigenvalue weighted by Crippen LogP contribution is 2.26. The first-order chi connectivity index (χ1) is 11.7. The summed E-state index contributed by atoms with van der Waals surface area (Å²) < 4.78 is 11.0. The first kappa shape index (κ1) is 14.6. The van der Waals surface area contributed by atoms with Crippen LogP contribution in [0.2, 0.25) is 0 Å². The van der Waals surface area contributed by atoms with E-state index in [-0.39, 0.29) is 11.6 Å². The van der Waals surface area contributed by atoms with Gasteiger partial charge in [0.05, 0.1) is 10.4 Å². The summed E-state index contributed by atoms with van der Waals surface area (Å²) >= 11 is 1.50. The van der Waals surface area contributed by atoms with E-state index in [2.05, 4.69) is 20.4 Å². The number of aromatic amines is 1. The van der Waals surface area contributed by atoms with Gasteiger partial charge in [0.15, 0.2) is 11.8 Å². The first-order valence-electron chi connectivity index (χ1n) is 7.24. The van der Waals surface area contributed by atoms with Crippen LogP contribution < -0.4 is 0 Å². The van der Waals surface area contributed by atoms with Crippen molar-refractivity contribution in [3.63, 3.8) is 0 Å². The number of nitrogens with zero attached hydrogens (tertiary/aromatic N) is 3. The lowest BCUT2D eigenvalue weighted by atomic mass is 10.2. The predicted molar refractivity (Wildman–Crippen MR) is 87.5 cm³/mol. The van der Waals surface area contributed by atoms with Crippen LogP contribution in [-0.4, -0.2) is 26.4 Å². The smallest absolute Gasteiger partial charge is 0.360 e. The molecule has 0 fully saturated rings. The van der Waals surface area contributed by atoms with E-state index < -0.39 is 12.1 Å². The van der Waals surface area contributed by atoms with Crippen molar-refractivity contribution in [3.05, 3.63) is 53.4 Å². The van der Waals surface area contributed by atoms with Crippen molar-refractivity contribution in [1.29, 1.82) is 0 Å². The number of nitrogens with one attached hydrogen (secondary N) is 1. The molecule has 0 amide bonds. The van der Waals surface area contributed by atoms with E-state index >= 15 is 0 Å². The van der Waals surface area contributed by atoms with Crippen LogP contribution in [0.25, 0.3) is 21.7 Å². The van der Waals surface area contributed by atoms with Crippen LogP contribution >= 0.6 is 11.3 Å². The number of carbonyl (C=O) groups is 1. The van der Waals surface area contributed by atoms with Gasteiger partial charge in [0.2, 0.25) is 0 Å². The second-order valence-corrected chi connectivity index (χ2v) is 6.04. The Balaban J connectivity index is 1.53. The lowest BCUT2D eigenvalue weighted by Crippen LogP contribution is -2.10. The predicted octanol–water partition coefficient (Wildman–Crippen LogP) is 3.59. The van der Waals surface area contributed by atoms with Gasteiger partial charge in [-0.05, 0) is 24.4 Å². The molecule has 1 atom stereocenters. The highest BCUT2D eigenvalue weighted by Gasteiger charge is 2.23. The summed E-state index contributed by atoms with van der Waals surface area (Å²) in [5, 5.41) is 17.4. The van der Waals surface area contributed by atoms with Gasteiger partial charge >= 0.3 is 5.97 Å². The minimum absolute atomic E-state index is 0.232. The van der Waals surface area contributed by atoms with Gasteiger partial charge in [-0.15, -0.1) is 21.5 Å². The van der Waals surface area contributed by atoms with Crippen LogP contribution in [0.4, 0.5) is 0 Å². The molecule has 3 heterocycles. The molecule has 0 aliphatic carbocycles. The molecule has 0 radical (unpaired) electrons. The Kier molecular flexibility index (Phi) is 3.58. The Morgan fingerprint density at radius 2 is 2.12 bits per heavy atom. The second-order valence-electron chi connectivity index (χ2n) is 5.09. The molecule has 1 aromatic carbocycles. The van der Waals surface area contributed by atoms with Crippen LogP contribution in [0.5, 0.6) is 0 Å². The standard InChI is InChI=1S/C16H12N4O3S/c1-9(14-19-20-15(23-14)12-7-4-8-24-12)22-16(21)13-10-5-2-3-6-11(10)17-18-13/h2-9H,1H3,(H,17,18)/t9-/m0/s1. The average Bonchev–Trinajstić information content (AvgIpc) is 3.33. The van der Waals surface area contributed by atoms with Crippen molar-refractivity contribution in [3.8, 4) is 10.8 Å². The zero-order valence-electron chi connectivity index (χ0n) is 12.6. The Hall–Kier alpha value is -3.00. The zero-order valence-corrected chi connectivity index (χ0v) is 13.4. The van der Waals surface area contributed by atoms with Crippen LogP contribution in [0.15, 0.2) is 46.2 Å². The van der Waals surface area contributed by atoms with E-state index in [4.69, 9.17) is 9.15 Å². The van der Waals surface area contributed by atoms with Gasteiger partial charge in [0.1, 0.15) is 0 Å². The number of para-hydroxylation sites is 1. The first-order valence-corrected chi connectivity index (χ1v) is 8.11. The summed E-state index contributed by atoms with van der Waals surface area (Å²) in [6.45, 7) is 1.68. The summed E-state index contributed by atoms with van der Waals surface area (Å²) in [4.78, 5) is 13.2. The molecule has 7 nitrogen and oxygen atoms in total. The van der Waals surface area contributed by atoms with Crippen LogP contribution in [0.3, 0.4) is 0 Å². The molecule has 24 heavy (non-hydrogen) atoms. The zero-order chi connectivity index (χ0) is 16.5. The van der Waals surface area contributed by atoms with Crippen molar-refractivity contribution in [2.75, 3.05) is 0 Å². The molecule has 8 heteroatoms. The Morgan fingerprint density at radius 1 is 1.25 bits per heavy atom. The number of thiophene rings is 1. The minimum atomic E-state index is -0.672. The third-order valence-corrected chi connectivity index (χ3v) is 4.33. The minimum Gasteiger partial charge on any atom is -0.448 e.